The maximum Gasteiger partial charge on any atom is 0.561 e. The Bertz CT molecular complexity index is 411. The van der Waals surface area contributed by atoms with E-state index >= 15 is 0 Å². The summed E-state index contributed by atoms with van der Waals surface area (Å²) in [7, 11) is 2.79. The zero-order chi connectivity index (χ0) is 18.4. The maximum atomic E-state index is 10.7. The summed E-state index contributed by atoms with van der Waals surface area (Å²) in [5.74, 6) is 0. The van der Waals surface area contributed by atoms with E-state index in [1.54, 1.807) is 21.3 Å². The van der Waals surface area contributed by atoms with Gasteiger partial charge < -0.3 is 22.3 Å². The Morgan fingerprint density at radius 2 is 1.36 bits per heavy atom. The molecule has 0 N–H and O–H groups in total. The molecule has 0 aliphatic carbocycles. The minimum Gasteiger partial charge on any atom is -0.741 e. The lowest BCUT2D eigenvalue weighted by Crippen LogP contribution is -2.65. The summed E-state index contributed by atoms with van der Waals surface area (Å²) in [5.41, 5.74) is -5.38. The second-order valence-electron chi connectivity index (χ2n) is 5.16. The van der Waals surface area contributed by atoms with Crippen LogP contribution in [0.1, 0.15) is 13.3 Å². The molecule has 0 saturated heterocycles. The third kappa shape index (κ3) is 6.89. The van der Waals surface area contributed by atoms with Gasteiger partial charge >= 0.3 is 14.3 Å². The molecule has 0 aliphatic heterocycles. The molecule has 0 bridgehead atoms. The Balaban J connectivity index is 0. The van der Waals surface area contributed by atoms with Crippen LogP contribution in [-0.2, 0) is 23.4 Å². The van der Waals surface area contributed by atoms with Crippen LogP contribution in [0.15, 0.2) is 0 Å². The smallest absolute Gasteiger partial charge is 0.561 e. The Morgan fingerprint density at radius 1 is 1.09 bits per heavy atom. The van der Waals surface area contributed by atoms with E-state index in [1.807, 2.05) is 0 Å². The lowest BCUT2D eigenvalue weighted by Gasteiger charge is -2.40. The van der Waals surface area contributed by atoms with Crippen LogP contribution in [-0.4, -0.2) is 79.9 Å². The van der Waals surface area contributed by atoms with Gasteiger partial charge in [0.15, 0.2) is 15.8 Å². The van der Waals surface area contributed by atoms with Crippen molar-refractivity contribution in [2.75, 3.05) is 42.5 Å². The molecular weight excluding hydrogens is 347 g/mol. The van der Waals surface area contributed by atoms with Crippen LogP contribution in [0.25, 0.3) is 0 Å². The highest BCUT2D eigenvalue weighted by atomic mass is 32.2. The van der Waals surface area contributed by atoms with Crippen molar-refractivity contribution in [3.63, 3.8) is 0 Å². The first-order valence-electron chi connectivity index (χ1n) is 6.11. The summed E-state index contributed by atoms with van der Waals surface area (Å²) in [6.45, 7) is 2.13. The van der Waals surface area contributed by atoms with Crippen LogP contribution in [0, 0.1) is 0 Å². The Morgan fingerprint density at radius 3 is 1.41 bits per heavy atom. The highest BCUT2D eigenvalue weighted by Crippen LogP contribution is 2.22. The number of hydrogen-bond donors (Lipinski definition) is 0. The van der Waals surface area contributed by atoms with Crippen molar-refractivity contribution >= 4 is 18.9 Å². The molecule has 0 rings (SSSR count). The van der Waals surface area contributed by atoms with Crippen LogP contribution < -0.4 is 0 Å². The van der Waals surface area contributed by atoms with Crippen LogP contribution in [0.3, 0.4) is 0 Å². The quantitative estimate of drug-likeness (QED) is 0.299. The summed E-state index contributed by atoms with van der Waals surface area (Å²) < 4.78 is 76.2. The standard InChI is InChI=1S/C9H24NO3Si.CHF3O3S/c1-8-9(10(2,3)4)14(11-5,12-6)13-7;2-1(3,4)8(5,6)7/h9H,8H2,1-7H3;(H,5,6,7)/q+1;/p-1. The van der Waals surface area contributed by atoms with Gasteiger partial charge in [-0.2, -0.15) is 13.2 Å². The molecule has 0 aromatic heterocycles. The normalized spacial score (nSPS) is 15.0. The molecule has 0 saturated carbocycles. The first-order valence-corrected chi connectivity index (χ1v) is 9.32. The number of quaternary nitrogens is 1. The van der Waals surface area contributed by atoms with Crippen molar-refractivity contribution in [3.8, 4) is 0 Å². The second-order valence-corrected chi connectivity index (χ2v) is 9.63. The van der Waals surface area contributed by atoms with E-state index in [-0.39, 0.29) is 5.67 Å². The van der Waals surface area contributed by atoms with E-state index in [9.17, 15) is 13.2 Å². The summed E-state index contributed by atoms with van der Waals surface area (Å²) in [6.07, 6.45) is 0.977. The highest BCUT2D eigenvalue weighted by molar-refractivity contribution is 7.86. The third-order valence-electron chi connectivity index (χ3n) is 2.87. The Kier molecular flexibility index (Phi) is 9.35. The molecule has 0 fully saturated rings. The van der Waals surface area contributed by atoms with Gasteiger partial charge in [-0.1, -0.05) is 6.92 Å². The minimum atomic E-state index is -6.09. The van der Waals surface area contributed by atoms with Gasteiger partial charge in [-0.05, 0) is 0 Å². The molecule has 1 unspecified atom stereocenters. The van der Waals surface area contributed by atoms with Crippen molar-refractivity contribution in [2.45, 2.75) is 24.5 Å². The van der Waals surface area contributed by atoms with Crippen LogP contribution in [0.4, 0.5) is 13.2 Å². The van der Waals surface area contributed by atoms with Crippen LogP contribution in [0.2, 0.25) is 0 Å². The minimum absolute atomic E-state index is 0.266. The van der Waals surface area contributed by atoms with Crippen molar-refractivity contribution in [3.05, 3.63) is 0 Å². The van der Waals surface area contributed by atoms with Gasteiger partial charge in [0.25, 0.3) is 0 Å². The van der Waals surface area contributed by atoms with E-state index in [1.165, 1.54) is 0 Å². The molecule has 22 heavy (non-hydrogen) atoms. The average molecular weight is 371 g/mol. The van der Waals surface area contributed by atoms with Crippen molar-refractivity contribution in [1.29, 1.82) is 0 Å². The fourth-order valence-electron chi connectivity index (χ4n) is 1.93. The molecule has 1 atom stereocenters. The van der Waals surface area contributed by atoms with Crippen LogP contribution >= 0.6 is 0 Å². The van der Waals surface area contributed by atoms with E-state index < -0.39 is 24.4 Å². The van der Waals surface area contributed by atoms with E-state index in [0.29, 0.717) is 0 Å². The number of alkyl halides is 3. The molecule has 7 nitrogen and oxygen atoms in total. The van der Waals surface area contributed by atoms with Gasteiger partial charge in [0.2, 0.25) is 0 Å². The van der Waals surface area contributed by atoms with Crippen LogP contribution in [0.5, 0.6) is 0 Å². The molecule has 0 aromatic carbocycles. The highest BCUT2D eigenvalue weighted by Gasteiger charge is 2.54. The van der Waals surface area contributed by atoms with E-state index in [0.717, 1.165) is 10.9 Å². The number of hydrogen-bond acceptors (Lipinski definition) is 6. The largest absolute Gasteiger partial charge is 0.741 e. The lowest BCUT2D eigenvalue weighted by molar-refractivity contribution is -0.887. The average Bonchev–Trinajstić information content (AvgIpc) is 2.32. The van der Waals surface area contributed by atoms with Gasteiger partial charge in [-0.3, -0.25) is 0 Å². The second kappa shape index (κ2) is 8.56. The predicted molar refractivity (Wildman–Crippen MR) is 74.6 cm³/mol. The van der Waals surface area contributed by atoms with E-state index in [2.05, 4.69) is 28.1 Å². The maximum absolute atomic E-state index is 10.7. The van der Waals surface area contributed by atoms with Gasteiger partial charge in [-0.15, -0.1) is 0 Å². The number of rotatable bonds is 6. The van der Waals surface area contributed by atoms with Gasteiger partial charge in [-0.25, -0.2) is 8.42 Å². The molecule has 12 heteroatoms. The van der Waals surface area contributed by atoms with Crippen molar-refractivity contribution < 1.29 is 43.9 Å². The molecule has 0 spiro atoms. The number of halogens is 3. The molecule has 0 amide bonds. The van der Waals surface area contributed by atoms with Crippen molar-refractivity contribution in [1.82, 2.24) is 0 Å². The summed E-state index contributed by atoms with van der Waals surface area (Å²) in [5, 5.41) is 0. The Hall–Kier alpha value is -0.243. The third-order valence-corrected chi connectivity index (χ3v) is 7.14. The molecule has 0 aromatic rings. The SMILES string of the molecule is CCC([N+](C)(C)C)[Si](OC)(OC)OC.O=S(=O)([O-])C(F)(F)F. The van der Waals surface area contributed by atoms with Crippen molar-refractivity contribution in [2.24, 2.45) is 0 Å². The summed E-state index contributed by atoms with van der Waals surface area (Å²) in [6, 6.07) is 0. The zero-order valence-corrected chi connectivity index (χ0v) is 15.5. The first kappa shape index (κ1) is 24.0. The van der Waals surface area contributed by atoms with Gasteiger partial charge in [0.1, 0.15) is 0 Å². The monoisotopic (exact) mass is 371 g/mol. The zero-order valence-electron chi connectivity index (χ0n) is 13.7. The first-order chi connectivity index (χ1) is 9.62. The Labute approximate surface area is 130 Å². The molecule has 136 valence electrons. The van der Waals surface area contributed by atoms with Gasteiger partial charge in [0.05, 0.1) is 21.1 Å². The topological polar surface area (TPSA) is 84.9 Å². The summed E-state index contributed by atoms with van der Waals surface area (Å²) in [4.78, 5) is 0. The molecular formula is C10H24F3NO6SSi. The number of nitrogens with zero attached hydrogens (tertiary/aromatic N) is 1. The van der Waals surface area contributed by atoms with Gasteiger partial charge in [0, 0.05) is 27.8 Å². The molecule has 0 aliphatic rings. The fourth-order valence-corrected chi connectivity index (χ4v) is 4.70. The predicted octanol–water partition coefficient (Wildman–Crippen LogP) is 0.940. The lowest BCUT2D eigenvalue weighted by atomic mass is 10.4. The summed E-state index contributed by atoms with van der Waals surface area (Å²) >= 11 is 0. The molecule has 0 radical (unpaired) electrons. The molecule has 0 heterocycles. The fraction of sp³-hybridized carbons (Fsp3) is 1.00. The van der Waals surface area contributed by atoms with E-state index in [4.69, 9.17) is 26.2 Å².